The summed E-state index contributed by atoms with van der Waals surface area (Å²) in [7, 11) is 1.61. The lowest BCUT2D eigenvalue weighted by Crippen LogP contribution is -2.49. The second-order valence-electron chi connectivity index (χ2n) is 7.69. The Morgan fingerprint density at radius 2 is 1.77 bits per heavy atom. The molecule has 2 rings (SSSR count). The van der Waals surface area contributed by atoms with Gasteiger partial charge in [-0.3, -0.25) is 9.59 Å². The maximum absolute atomic E-state index is 13.1. The number of ether oxygens (including phenoxy) is 1. The fourth-order valence-corrected chi connectivity index (χ4v) is 3.85. The molecule has 0 fully saturated rings. The fourth-order valence-electron chi connectivity index (χ4n) is 2.98. The summed E-state index contributed by atoms with van der Waals surface area (Å²) >= 11 is 1.56. The Kier molecular flexibility index (Phi) is 9.24. The lowest BCUT2D eigenvalue weighted by atomic mass is 10.1. The van der Waals surface area contributed by atoms with Crippen LogP contribution in [-0.4, -0.2) is 41.7 Å². The molecular formula is C24H32N2O3S. The topological polar surface area (TPSA) is 58.6 Å². The summed E-state index contributed by atoms with van der Waals surface area (Å²) in [5.74, 6) is 1.60. The van der Waals surface area contributed by atoms with Crippen LogP contribution in [0.3, 0.4) is 0 Å². The lowest BCUT2D eigenvalue weighted by Gasteiger charge is -2.29. The van der Waals surface area contributed by atoms with E-state index in [0.29, 0.717) is 12.3 Å². The molecule has 1 atom stereocenters. The SMILES string of the molecule is COc1cccc(CN(C(=O)CSCc2ccc(C)cc2)[C@@H](C)C(=O)NC(C)C)c1. The number of benzene rings is 2. The zero-order valence-corrected chi connectivity index (χ0v) is 19.3. The van der Waals surface area contributed by atoms with Gasteiger partial charge in [-0.1, -0.05) is 42.0 Å². The van der Waals surface area contributed by atoms with Crippen LogP contribution in [0.25, 0.3) is 0 Å². The molecule has 0 bridgehead atoms. The molecule has 2 aromatic rings. The van der Waals surface area contributed by atoms with Crippen molar-refractivity contribution in [1.29, 1.82) is 0 Å². The van der Waals surface area contributed by atoms with Crippen molar-refractivity contribution >= 4 is 23.6 Å². The van der Waals surface area contributed by atoms with Gasteiger partial charge in [-0.15, -0.1) is 11.8 Å². The van der Waals surface area contributed by atoms with Crippen molar-refractivity contribution in [2.24, 2.45) is 0 Å². The molecule has 0 saturated carbocycles. The van der Waals surface area contributed by atoms with Crippen molar-refractivity contribution in [3.05, 3.63) is 65.2 Å². The van der Waals surface area contributed by atoms with Crippen molar-refractivity contribution in [3.8, 4) is 5.75 Å². The monoisotopic (exact) mass is 428 g/mol. The molecule has 2 aromatic carbocycles. The molecule has 0 aliphatic carbocycles. The standard InChI is InChI=1S/C24H32N2O3S/c1-17(2)25-24(28)19(4)26(14-21-7-6-8-22(13-21)29-5)23(27)16-30-15-20-11-9-18(3)10-12-20/h6-13,17,19H,14-16H2,1-5H3,(H,25,28)/t19-/m0/s1. The average Bonchev–Trinajstić information content (AvgIpc) is 2.72. The maximum atomic E-state index is 13.1. The van der Waals surface area contributed by atoms with E-state index in [0.717, 1.165) is 17.1 Å². The van der Waals surface area contributed by atoms with Crippen LogP contribution in [0.5, 0.6) is 5.75 Å². The fraction of sp³-hybridized carbons (Fsp3) is 0.417. The van der Waals surface area contributed by atoms with Gasteiger partial charge in [-0.25, -0.2) is 0 Å². The Morgan fingerprint density at radius 3 is 2.40 bits per heavy atom. The van der Waals surface area contributed by atoms with Crippen LogP contribution in [0.1, 0.15) is 37.5 Å². The molecule has 6 heteroatoms. The summed E-state index contributed by atoms with van der Waals surface area (Å²) in [6, 6.07) is 15.4. The Labute approximate surface area is 184 Å². The molecule has 2 amide bonds. The highest BCUT2D eigenvalue weighted by Crippen LogP contribution is 2.19. The van der Waals surface area contributed by atoms with Crippen molar-refractivity contribution in [2.75, 3.05) is 12.9 Å². The number of carbonyl (C=O) groups excluding carboxylic acids is 2. The Balaban J connectivity index is 2.08. The summed E-state index contributed by atoms with van der Waals surface area (Å²) in [5.41, 5.74) is 3.33. The van der Waals surface area contributed by atoms with Gasteiger partial charge in [0, 0.05) is 18.3 Å². The third-order valence-corrected chi connectivity index (χ3v) is 5.69. The van der Waals surface area contributed by atoms with Crippen LogP contribution in [0, 0.1) is 6.92 Å². The number of rotatable bonds is 10. The number of methoxy groups -OCH3 is 1. The van der Waals surface area contributed by atoms with E-state index in [4.69, 9.17) is 4.74 Å². The number of amides is 2. The number of hydrogen-bond donors (Lipinski definition) is 1. The predicted octanol–water partition coefficient (Wildman–Crippen LogP) is 4.18. The largest absolute Gasteiger partial charge is 0.497 e. The normalized spacial score (nSPS) is 11.8. The van der Waals surface area contributed by atoms with Gasteiger partial charge >= 0.3 is 0 Å². The molecule has 0 saturated heterocycles. The molecule has 0 aromatic heterocycles. The molecule has 5 nitrogen and oxygen atoms in total. The van der Waals surface area contributed by atoms with Gasteiger partial charge in [0.25, 0.3) is 0 Å². The minimum Gasteiger partial charge on any atom is -0.497 e. The molecule has 0 aliphatic heterocycles. The minimum absolute atomic E-state index is 0.0182. The van der Waals surface area contributed by atoms with E-state index in [2.05, 4.69) is 36.5 Å². The van der Waals surface area contributed by atoms with Crippen LogP contribution in [0.15, 0.2) is 48.5 Å². The molecule has 0 spiro atoms. The van der Waals surface area contributed by atoms with Gasteiger partial charge in [0.1, 0.15) is 11.8 Å². The zero-order chi connectivity index (χ0) is 22.1. The predicted molar refractivity (Wildman–Crippen MR) is 124 cm³/mol. The van der Waals surface area contributed by atoms with Crippen molar-refractivity contribution in [3.63, 3.8) is 0 Å². The number of nitrogens with one attached hydrogen (secondary N) is 1. The van der Waals surface area contributed by atoms with Gasteiger partial charge in [-0.05, 0) is 51.0 Å². The Hall–Kier alpha value is -2.47. The molecule has 0 heterocycles. The molecule has 1 N–H and O–H groups in total. The first-order valence-electron chi connectivity index (χ1n) is 10.2. The van der Waals surface area contributed by atoms with Crippen molar-refractivity contribution < 1.29 is 14.3 Å². The third kappa shape index (κ3) is 7.41. The third-order valence-electron chi connectivity index (χ3n) is 4.70. The zero-order valence-electron chi connectivity index (χ0n) is 18.5. The smallest absolute Gasteiger partial charge is 0.242 e. The van der Waals surface area contributed by atoms with Crippen LogP contribution >= 0.6 is 11.8 Å². The van der Waals surface area contributed by atoms with Crippen LogP contribution in [0.2, 0.25) is 0 Å². The highest BCUT2D eigenvalue weighted by Gasteiger charge is 2.26. The number of aryl methyl sites for hydroxylation is 1. The van der Waals surface area contributed by atoms with Gasteiger partial charge in [0.15, 0.2) is 0 Å². The van der Waals surface area contributed by atoms with Crippen LogP contribution in [-0.2, 0) is 21.9 Å². The second-order valence-corrected chi connectivity index (χ2v) is 8.68. The second kappa shape index (κ2) is 11.6. The number of carbonyl (C=O) groups is 2. The number of thioether (sulfide) groups is 1. The minimum atomic E-state index is -0.564. The number of nitrogens with zero attached hydrogens (tertiary/aromatic N) is 1. The molecule has 30 heavy (non-hydrogen) atoms. The lowest BCUT2D eigenvalue weighted by molar-refractivity contribution is -0.138. The molecular weight excluding hydrogens is 396 g/mol. The molecule has 0 aliphatic rings. The number of hydrogen-bond acceptors (Lipinski definition) is 4. The summed E-state index contributed by atoms with van der Waals surface area (Å²) in [4.78, 5) is 27.3. The summed E-state index contributed by atoms with van der Waals surface area (Å²) in [6.45, 7) is 8.02. The molecule has 162 valence electrons. The van der Waals surface area contributed by atoms with E-state index in [1.165, 1.54) is 11.1 Å². The van der Waals surface area contributed by atoms with Crippen molar-refractivity contribution in [1.82, 2.24) is 10.2 Å². The van der Waals surface area contributed by atoms with Gasteiger partial charge < -0.3 is 15.0 Å². The van der Waals surface area contributed by atoms with Crippen molar-refractivity contribution in [2.45, 2.75) is 52.1 Å². The first kappa shape index (κ1) is 23.8. The van der Waals surface area contributed by atoms with Gasteiger partial charge in [0.2, 0.25) is 11.8 Å². The van der Waals surface area contributed by atoms with E-state index >= 15 is 0 Å². The summed E-state index contributed by atoms with van der Waals surface area (Å²) < 4.78 is 5.29. The Bertz CT molecular complexity index is 837. The average molecular weight is 429 g/mol. The van der Waals surface area contributed by atoms with E-state index in [1.807, 2.05) is 38.1 Å². The highest BCUT2D eigenvalue weighted by molar-refractivity contribution is 7.99. The highest BCUT2D eigenvalue weighted by atomic mass is 32.2. The molecule has 0 radical (unpaired) electrons. The molecule has 0 unspecified atom stereocenters. The quantitative estimate of drug-likeness (QED) is 0.617. The van der Waals surface area contributed by atoms with E-state index in [9.17, 15) is 9.59 Å². The Morgan fingerprint density at radius 1 is 1.07 bits per heavy atom. The maximum Gasteiger partial charge on any atom is 0.242 e. The van der Waals surface area contributed by atoms with E-state index in [-0.39, 0.29) is 17.9 Å². The van der Waals surface area contributed by atoms with Gasteiger partial charge in [0.05, 0.1) is 12.9 Å². The first-order chi connectivity index (χ1) is 14.3. The summed E-state index contributed by atoms with van der Waals surface area (Å²) in [5, 5.41) is 2.91. The van der Waals surface area contributed by atoms with Gasteiger partial charge in [-0.2, -0.15) is 0 Å². The van der Waals surface area contributed by atoms with Crippen LogP contribution in [0.4, 0.5) is 0 Å². The van der Waals surface area contributed by atoms with E-state index < -0.39 is 6.04 Å². The van der Waals surface area contributed by atoms with Crippen LogP contribution < -0.4 is 10.1 Å². The van der Waals surface area contributed by atoms with E-state index in [1.54, 1.807) is 30.7 Å². The summed E-state index contributed by atoms with van der Waals surface area (Å²) in [6.07, 6.45) is 0. The first-order valence-corrected chi connectivity index (χ1v) is 11.3.